The third kappa shape index (κ3) is 6.33. The van der Waals surface area contributed by atoms with Gasteiger partial charge in [0.05, 0.1) is 6.61 Å². The number of amides is 2. The number of piperidine rings is 1. The molecule has 0 spiro atoms. The van der Waals surface area contributed by atoms with Crippen LogP contribution in [0.25, 0.3) is 0 Å². The van der Waals surface area contributed by atoms with Gasteiger partial charge in [0.15, 0.2) is 0 Å². The minimum Gasteiger partial charge on any atom is -0.383 e. The fraction of sp³-hybridized carbons (Fsp3) is 0.650. The molecule has 1 aromatic carbocycles. The monoisotopic (exact) mass is 347 g/mol. The van der Waals surface area contributed by atoms with Crippen molar-refractivity contribution in [1.82, 2.24) is 15.5 Å². The second-order valence-electron chi connectivity index (χ2n) is 8.35. The molecule has 1 aliphatic heterocycles. The molecule has 1 aliphatic rings. The van der Waals surface area contributed by atoms with Gasteiger partial charge in [-0.3, -0.25) is 0 Å². The molecule has 5 heteroatoms. The fourth-order valence-corrected chi connectivity index (χ4v) is 3.95. The summed E-state index contributed by atoms with van der Waals surface area (Å²) in [7, 11) is 1.66. The van der Waals surface area contributed by atoms with Gasteiger partial charge in [0, 0.05) is 37.3 Å². The van der Waals surface area contributed by atoms with Crippen LogP contribution in [0.5, 0.6) is 0 Å². The van der Waals surface area contributed by atoms with Crippen molar-refractivity contribution in [3.63, 3.8) is 0 Å². The van der Waals surface area contributed by atoms with E-state index in [0.717, 1.165) is 18.4 Å². The van der Waals surface area contributed by atoms with Gasteiger partial charge in [0.25, 0.3) is 0 Å². The number of urea groups is 1. The molecule has 5 nitrogen and oxygen atoms in total. The first-order valence-electron chi connectivity index (χ1n) is 9.08. The van der Waals surface area contributed by atoms with E-state index in [1.54, 1.807) is 7.11 Å². The van der Waals surface area contributed by atoms with Crippen LogP contribution in [0.3, 0.4) is 0 Å². The van der Waals surface area contributed by atoms with Crippen LogP contribution in [-0.2, 0) is 11.3 Å². The van der Waals surface area contributed by atoms with Gasteiger partial charge in [0.1, 0.15) is 0 Å². The van der Waals surface area contributed by atoms with Crippen molar-refractivity contribution >= 4 is 6.03 Å². The van der Waals surface area contributed by atoms with E-state index in [1.165, 1.54) is 0 Å². The molecule has 140 valence electrons. The lowest BCUT2D eigenvalue weighted by Crippen LogP contribution is -2.63. The maximum absolute atomic E-state index is 12.9. The zero-order valence-electron chi connectivity index (χ0n) is 16.3. The average Bonchev–Trinajstić information content (AvgIpc) is 2.49. The van der Waals surface area contributed by atoms with Crippen molar-refractivity contribution in [2.45, 2.75) is 64.2 Å². The Labute approximate surface area is 152 Å². The quantitative estimate of drug-likeness (QED) is 0.831. The van der Waals surface area contributed by atoms with Gasteiger partial charge in [0.2, 0.25) is 0 Å². The fourth-order valence-electron chi connectivity index (χ4n) is 3.95. The summed E-state index contributed by atoms with van der Waals surface area (Å²) in [4.78, 5) is 14.7. The van der Waals surface area contributed by atoms with Crippen LogP contribution in [0.2, 0.25) is 0 Å². The molecule has 0 aromatic heterocycles. The smallest absolute Gasteiger partial charge is 0.317 e. The molecule has 0 aliphatic carbocycles. The van der Waals surface area contributed by atoms with Gasteiger partial charge >= 0.3 is 6.03 Å². The molecule has 2 N–H and O–H groups in total. The molecule has 1 aromatic rings. The maximum Gasteiger partial charge on any atom is 0.317 e. The van der Waals surface area contributed by atoms with Crippen LogP contribution >= 0.6 is 0 Å². The Morgan fingerprint density at radius 1 is 1.20 bits per heavy atom. The molecule has 2 rings (SSSR count). The third-order valence-corrected chi connectivity index (χ3v) is 4.59. The molecule has 2 amide bonds. The summed E-state index contributed by atoms with van der Waals surface area (Å²) < 4.78 is 5.18. The van der Waals surface area contributed by atoms with E-state index in [4.69, 9.17) is 4.74 Å². The Balaban J connectivity index is 2.03. The first-order valence-corrected chi connectivity index (χ1v) is 9.08. The summed E-state index contributed by atoms with van der Waals surface area (Å²) in [6, 6.07) is 10.2. The van der Waals surface area contributed by atoms with Crippen LogP contribution in [0, 0.1) is 0 Å². The summed E-state index contributed by atoms with van der Waals surface area (Å²) in [5.41, 5.74) is 1.15. The highest BCUT2D eigenvalue weighted by Gasteiger charge is 2.38. The number of ether oxygens (including phenoxy) is 1. The van der Waals surface area contributed by atoms with Gasteiger partial charge < -0.3 is 20.3 Å². The Bertz CT molecular complexity index is 541. The number of nitrogens with zero attached hydrogens (tertiary/aromatic N) is 1. The lowest BCUT2D eigenvalue weighted by atomic mass is 9.80. The summed E-state index contributed by atoms with van der Waals surface area (Å²) in [6.45, 7) is 10.5. The summed E-state index contributed by atoms with van der Waals surface area (Å²) >= 11 is 0. The summed E-state index contributed by atoms with van der Waals surface area (Å²) in [6.07, 6.45) is 1.84. The number of benzene rings is 1. The average molecular weight is 348 g/mol. The highest BCUT2D eigenvalue weighted by Crippen LogP contribution is 2.28. The van der Waals surface area contributed by atoms with E-state index in [2.05, 4.69) is 38.3 Å². The van der Waals surface area contributed by atoms with Crippen LogP contribution in [0.4, 0.5) is 4.79 Å². The van der Waals surface area contributed by atoms with Crippen molar-refractivity contribution in [3.05, 3.63) is 35.9 Å². The lowest BCUT2D eigenvalue weighted by Gasteiger charge is -2.46. The molecular formula is C20H33N3O2. The number of nitrogens with one attached hydrogen (secondary N) is 2. The minimum absolute atomic E-state index is 0.0104. The topological polar surface area (TPSA) is 53.6 Å². The van der Waals surface area contributed by atoms with Crippen LogP contribution in [-0.4, -0.2) is 48.3 Å². The molecule has 0 radical (unpaired) electrons. The Hall–Kier alpha value is -1.59. The first kappa shape index (κ1) is 19.7. The third-order valence-electron chi connectivity index (χ3n) is 4.59. The van der Waals surface area contributed by atoms with E-state index in [1.807, 2.05) is 35.2 Å². The first-order chi connectivity index (χ1) is 11.7. The van der Waals surface area contributed by atoms with Crippen molar-refractivity contribution in [2.24, 2.45) is 0 Å². The summed E-state index contributed by atoms with van der Waals surface area (Å²) in [5, 5.41) is 6.90. The molecule has 1 fully saturated rings. The number of methoxy groups -OCH3 is 1. The van der Waals surface area contributed by atoms with Crippen LogP contribution in [0.15, 0.2) is 30.3 Å². The number of carbonyl (C=O) groups excluding carboxylic acids is 1. The predicted molar refractivity (Wildman–Crippen MR) is 102 cm³/mol. The number of hydrogen-bond acceptors (Lipinski definition) is 3. The largest absolute Gasteiger partial charge is 0.383 e. The number of rotatable bonds is 6. The molecule has 0 bridgehead atoms. The second kappa shape index (κ2) is 8.19. The van der Waals surface area contributed by atoms with E-state index in [9.17, 15) is 4.79 Å². The van der Waals surface area contributed by atoms with Gasteiger partial charge in [-0.25, -0.2) is 4.79 Å². The highest BCUT2D eigenvalue weighted by molar-refractivity contribution is 5.74. The molecule has 1 saturated heterocycles. The molecular weight excluding hydrogens is 314 g/mol. The Morgan fingerprint density at radius 3 is 2.36 bits per heavy atom. The van der Waals surface area contributed by atoms with Crippen LogP contribution < -0.4 is 10.6 Å². The minimum atomic E-state index is -0.0144. The van der Waals surface area contributed by atoms with E-state index in [-0.39, 0.29) is 23.2 Å². The van der Waals surface area contributed by atoms with Gasteiger partial charge in [-0.15, -0.1) is 0 Å². The van der Waals surface area contributed by atoms with E-state index >= 15 is 0 Å². The number of hydrogen-bond donors (Lipinski definition) is 2. The van der Waals surface area contributed by atoms with Gasteiger partial charge in [-0.1, -0.05) is 30.3 Å². The standard InChI is InChI=1S/C20H33N3O2/c1-19(2)13-17(14-20(3,4)22-19)21-18(24)23(11-12-25-5)15-16-9-7-6-8-10-16/h6-10,17,22H,11-15H2,1-5H3,(H,21,24). The Morgan fingerprint density at radius 2 is 1.80 bits per heavy atom. The molecule has 1 heterocycles. The highest BCUT2D eigenvalue weighted by atomic mass is 16.5. The number of carbonyl (C=O) groups is 1. The molecule has 0 unspecified atom stereocenters. The van der Waals surface area contributed by atoms with E-state index < -0.39 is 0 Å². The van der Waals surface area contributed by atoms with Crippen molar-refractivity contribution in [1.29, 1.82) is 0 Å². The molecule has 0 atom stereocenters. The van der Waals surface area contributed by atoms with Crippen molar-refractivity contribution in [3.8, 4) is 0 Å². The van der Waals surface area contributed by atoms with Gasteiger partial charge in [-0.2, -0.15) is 0 Å². The zero-order valence-corrected chi connectivity index (χ0v) is 16.3. The normalized spacial score (nSPS) is 19.4. The van der Waals surface area contributed by atoms with Crippen molar-refractivity contribution in [2.75, 3.05) is 20.3 Å². The molecule has 25 heavy (non-hydrogen) atoms. The van der Waals surface area contributed by atoms with Crippen LogP contribution in [0.1, 0.15) is 46.1 Å². The summed E-state index contributed by atoms with van der Waals surface area (Å²) in [5.74, 6) is 0. The lowest BCUT2D eigenvalue weighted by molar-refractivity contribution is 0.126. The zero-order chi connectivity index (χ0) is 18.5. The predicted octanol–water partition coefficient (Wildman–Crippen LogP) is 3.15. The van der Waals surface area contributed by atoms with Gasteiger partial charge in [-0.05, 0) is 46.1 Å². The second-order valence-corrected chi connectivity index (χ2v) is 8.35. The van der Waals surface area contributed by atoms with E-state index in [0.29, 0.717) is 19.7 Å². The van der Waals surface area contributed by atoms with Crippen molar-refractivity contribution < 1.29 is 9.53 Å². The SMILES string of the molecule is COCCN(Cc1ccccc1)C(=O)NC1CC(C)(C)NC(C)(C)C1. The Kier molecular flexibility index (Phi) is 6.47. The molecule has 0 saturated carbocycles. The maximum atomic E-state index is 12.9.